The van der Waals surface area contributed by atoms with Gasteiger partial charge in [0.2, 0.25) is 5.91 Å². The van der Waals surface area contributed by atoms with Crippen molar-refractivity contribution in [1.29, 1.82) is 0 Å². The molecule has 3 aromatic rings. The summed E-state index contributed by atoms with van der Waals surface area (Å²) in [6, 6.07) is 25.0. The first-order valence-electron chi connectivity index (χ1n) is 38.1. The Labute approximate surface area is 587 Å². The number of carbonyl (C=O) groups excluding carboxylic acids is 1. The third kappa shape index (κ3) is 34.4. The number of aliphatic hydroxyl groups excluding tert-OH is 6. The summed E-state index contributed by atoms with van der Waals surface area (Å²) >= 11 is 0. The first-order valence-corrected chi connectivity index (χ1v) is 39.6. The number of benzene rings is 3. The van der Waals surface area contributed by atoms with Crippen LogP contribution in [0.1, 0.15) is 268 Å². The highest BCUT2D eigenvalue weighted by Gasteiger charge is 2.56. The molecule has 0 bridgehead atoms. The molecule has 98 heavy (non-hydrogen) atoms. The van der Waals surface area contributed by atoms with E-state index in [1.165, 1.54) is 161 Å². The van der Waals surface area contributed by atoms with E-state index < -0.39 is 106 Å². The van der Waals surface area contributed by atoms with Gasteiger partial charge in [-0.25, -0.2) is 4.57 Å². The van der Waals surface area contributed by atoms with Crippen molar-refractivity contribution in [2.45, 2.75) is 357 Å². The third-order valence-electron chi connectivity index (χ3n) is 19.3. The number of azide groups is 1. The van der Waals surface area contributed by atoms with E-state index in [0.717, 1.165) is 68.1 Å². The number of nitrogens with one attached hydrogen (secondary N) is 1. The van der Waals surface area contributed by atoms with E-state index in [2.05, 4.69) is 29.2 Å². The van der Waals surface area contributed by atoms with Gasteiger partial charge in [-0.2, -0.15) is 0 Å². The molecule has 0 radical (unpaired) electrons. The van der Waals surface area contributed by atoms with E-state index in [1.807, 2.05) is 91.0 Å². The van der Waals surface area contributed by atoms with Gasteiger partial charge in [-0.1, -0.05) is 328 Å². The molecule has 8 N–H and O–H groups in total. The number of phosphoric acid groups is 1. The van der Waals surface area contributed by atoms with Crippen molar-refractivity contribution in [2.24, 2.45) is 5.11 Å². The van der Waals surface area contributed by atoms with Crippen LogP contribution in [0.25, 0.3) is 10.4 Å². The maximum absolute atomic E-state index is 14.3. The molecule has 556 valence electrons. The number of rotatable bonds is 58. The number of aliphatic hydroxyl groups is 6. The predicted octanol–water partition coefficient (Wildman–Crippen LogP) is 15.8. The van der Waals surface area contributed by atoms with Crippen LogP contribution in [0.5, 0.6) is 0 Å². The average molecular weight is 1400 g/mol. The number of amides is 1. The van der Waals surface area contributed by atoms with Gasteiger partial charge in [-0.05, 0) is 35.1 Å². The molecule has 5 rings (SSSR count). The SMILES string of the molecule is CCCCCCCCCCCCCCCCCCCCCCCCCC(=O)N[C@@H](COP(=O)(O)O[C@@H]1[C@H](O)[C@H](O)[C@@H](O)[C@H](O)[C@H]1O[C@H]1O[C@H](COCc2ccccc2)[C@@H](OCc2ccccc2)[C@H](OCc2ccccc2)[C@H]1N=[N+]=[N-])[C@H](O)[C@H](O)CCCCCCCCCCCCCC. The molecule has 1 saturated heterocycles. The average Bonchev–Trinajstić information content (AvgIpc) is 0.781. The number of carbonyl (C=O) groups is 1. The van der Waals surface area contributed by atoms with Crippen molar-refractivity contribution in [1.82, 2.24) is 5.32 Å². The van der Waals surface area contributed by atoms with Crippen molar-refractivity contribution in [3.63, 3.8) is 0 Å². The van der Waals surface area contributed by atoms with Crippen molar-refractivity contribution >= 4 is 13.7 Å². The molecule has 20 nitrogen and oxygen atoms in total. The van der Waals surface area contributed by atoms with E-state index in [1.54, 1.807) is 0 Å². The number of unbranched alkanes of at least 4 members (excludes halogenated alkanes) is 33. The van der Waals surface area contributed by atoms with Crippen LogP contribution >= 0.6 is 7.82 Å². The van der Waals surface area contributed by atoms with E-state index in [4.69, 9.17) is 32.7 Å². The van der Waals surface area contributed by atoms with E-state index in [-0.39, 0.29) is 39.3 Å². The summed E-state index contributed by atoms with van der Waals surface area (Å²) in [4.78, 5) is 28.3. The minimum absolute atomic E-state index is 0.0167. The van der Waals surface area contributed by atoms with Gasteiger partial charge in [0.1, 0.15) is 67.1 Å². The summed E-state index contributed by atoms with van der Waals surface area (Å²) in [7, 11) is -5.50. The van der Waals surface area contributed by atoms with Gasteiger partial charge in [-0.15, -0.1) is 0 Å². The Balaban J connectivity index is 1.20. The van der Waals surface area contributed by atoms with E-state index >= 15 is 0 Å². The number of nitrogens with zero attached hydrogens (tertiary/aromatic N) is 3. The highest BCUT2D eigenvalue weighted by atomic mass is 31.2. The van der Waals surface area contributed by atoms with Crippen molar-refractivity contribution in [3.8, 4) is 0 Å². The van der Waals surface area contributed by atoms with Gasteiger partial charge in [0, 0.05) is 11.3 Å². The van der Waals surface area contributed by atoms with Crippen LogP contribution < -0.4 is 5.32 Å². The second-order valence-corrected chi connectivity index (χ2v) is 29.0. The topological polar surface area (TPSA) is 301 Å². The molecular formula is C77H127N4O16P. The fraction of sp³-hybridized carbons (Fsp3) is 0.753. The second kappa shape index (κ2) is 52.1. The standard InChI is InChI=1S/C77H127N4O16P/c1-3-5-7-9-11-13-15-17-18-19-20-21-22-23-24-25-26-27-29-31-33-35-46-54-66(83)79-63(68(84)64(82)53-45-34-32-30-28-16-14-12-10-8-6-4-2)58-94-98(89,90)97-76-72(88)70(86)69(85)71(87)75(76)96-77-67(80-81-78)74(93-57-62-51-43-38-44-52-62)73(92-56-61-49-41-37-42-50-61)65(95-77)59-91-55-60-47-39-36-40-48-60/h36-44,47-52,63-65,67-77,82,84-88H,3-35,45-46,53-59H2,1-2H3,(H,79,83)(H,89,90)/t63-,64+,65+,67+,68-,69+,70+,71-,72+,73+,74+,75+,76+,77+/m0/s1. The molecule has 21 heteroatoms. The molecule has 1 aliphatic heterocycles. The lowest BCUT2D eigenvalue weighted by Crippen LogP contribution is -2.67. The summed E-state index contributed by atoms with van der Waals surface area (Å²) in [6.07, 6.45) is 21.3. The van der Waals surface area contributed by atoms with Gasteiger partial charge < -0.3 is 64.5 Å². The Kier molecular flexibility index (Phi) is 45.1. The van der Waals surface area contributed by atoms with Crippen LogP contribution in [0.4, 0.5) is 0 Å². The molecule has 2 fully saturated rings. The third-order valence-corrected chi connectivity index (χ3v) is 20.3. The second-order valence-electron chi connectivity index (χ2n) is 27.6. The zero-order valence-electron chi connectivity index (χ0n) is 59.5. The Morgan fingerprint density at radius 3 is 1.35 bits per heavy atom. The van der Waals surface area contributed by atoms with Crippen LogP contribution in [0.2, 0.25) is 0 Å². The van der Waals surface area contributed by atoms with Crippen LogP contribution in [-0.4, -0.2) is 140 Å². The normalized spacial score (nSPS) is 23.4. The van der Waals surface area contributed by atoms with Crippen LogP contribution in [0.3, 0.4) is 0 Å². The fourth-order valence-electron chi connectivity index (χ4n) is 13.3. The molecule has 15 atom stereocenters. The van der Waals surface area contributed by atoms with Gasteiger partial charge in [0.25, 0.3) is 0 Å². The van der Waals surface area contributed by atoms with Crippen molar-refractivity contribution < 1.29 is 77.6 Å². The van der Waals surface area contributed by atoms with Gasteiger partial charge in [0.05, 0.1) is 45.2 Å². The predicted molar refractivity (Wildman–Crippen MR) is 383 cm³/mol. The summed E-state index contributed by atoms with van der Waals surface area (Å²) < 4.78 is 57.8. The Morgan fingerprint density at radius 2 is 0.918 bits per heavy atom. The molecule has 1 heterocycles. The molecule has 1 unspecified atom stereocenters. The molecule has 3 aromatic carbocycles. The summed E-state index contributed by atoms with van der Waals surface area (Å²) in [6.45, 7) is 3.65. The van der Waals surface area contributed by atoms with Crippen molar-refractivity contribution in [2.75, 3.05) is 13.2 Å². The smallest absolute Gasteiger partial charge is 0.390 e. The minimum Gasteiger partial charge on any atom is -0.390 e. The van der Waals surface area contributed by atoms with Crippen LogP contribution in [0, 0.1) is 0 Å². The number of hydrogen-bond acceptors (Lipinski definition) is 16. The highest BCUT2D eigenvalue weighted by Crippen LogP contribution is 2.48. The lowest BCUT2D eigenvalue weighted by atomic mass is 9.84. The summed E-state index contributed by atoms with van der Waals surface area (Å²) in [5.74, 6) is -0.464. The maximum Gasteiger partial charge on any atom is 0.472 e. The number of hydrogen-bond donors (Lipinski definition) is 8. The van der Waals surface area contributed by atoms with Crippen molar-refractivity contribution in [3.05, 3.63) is 118 Å². The quantitative estimate of drug-likeness (QED) is 0.00856. The number of ether oxygens (including phenoxy) is 5. The van der Waals surface area contributed by atoms with E-state index in [9.17, 15) is 50.4 Å². The molecular weight excluding hydrogens is 1270 g/mol. The van der Waals surface area contributed by atoms with Gasteiger partial charge in [0.15, 0.2) is 6.29 Å². The Hall–Kier alpha value is -3.89. The van der Waals surface area contributed by atoms with Crippen LogP contribution in [0.15, 0.2) is 96.1 Å². The minimum atomic E-state index is -5.50. The first kappa shape index (κ1) is 84.8. The maximum atomic E-state index is 14.3. The zero-order valence-corrected chi connectivity index (χ0v) is 60.4. The molecule has 0 spiro atoms. The Bertz CT molecular complexity index is 2550. The molecule has 0 aromatic heterocycles. The molecule has 1 aliphatic carbocycles. The lowest BCUT2D eigenvalue weighted by molar-refractivity contribution is -0.324. The van der Waals surface area contributed by atoms with Crippen LogP contribution in [-0.2, 0) is 61.9 Å². The molecule has 1 amide bonds. The Morgan fingerprint density at radius 1 is 0.531 bits per heavy atom. The molecule has 1 saturated carbocycles. The lowest BCUT2D eigenvalue weighted by Gasteiger charge is -2.48. The zero-order chi connectivity index (χ0) is 70.3. The largest absolute Gasteiger partial charge is 0.472 e. The molecule has 2 aliphatic rings. The summed E-state index contributed by atoms with van der Waals surface area (Å²) in [5, 5.41) is 75.5. The monoisotopic (exact) mass is 1390 g/mol. The highest BCUT2D eigenvalue weighted by molar-refractivity contribution is 7.47. The fourth-order valence-corrected chi connectivity index (χ4v) is 14.3. The van der Waals surface area contributed by atoms with E-state index in [0.29, 0.717) is 12.8 Å². The summed E-state index contributed by atoms with van der Waals surface area (Å²) in [5.41, 5.74) is 12.6. The van der Waals surface area contributed by atoms with Gasteiger partial charge in [-0.3, -0.25) is 13.8 Å². The number of phosphoric ester groups is 1. The van der Waals surface area contributed by atoms with Gasteiger partial charge >= 0.3 is 7.82 Å². The first-order chi connectivity index (χ1) is 47.8.